The Morgan fingerprint density at radius 2 is 1.60 bits per heavy atom. The Kier molecular flexibility index (Phi) is 5.42. The summed E-state index contributed by atoms with van der Waals surface area (Å²) in [6, 6.07) is 1.67. The third-order valence-electron chi connectivity index (χ3n) is 3.08. The Hall–Kier alpha value is -1.27. The molecule has 0 spiro atoms. The lowest BCUT2D eigenvalue weighted by Crippen LogP contribution is -2.55. The Morgan fingerprint density at radius 1 is 1.15 bits per heavy atom. The molecule has 1 aromatic rings. The molecule has 20 heavy (non-hydrogen) atoms. The predicted octanol–water partition coefficient (Wildman–Crippen LogP) is 2.35. The van der Waals surface area contributed by atoms with Crippen molar-refractivity contribution in [1.82, 2.24) is 10.2 Å². The number of rotatable bonds is 1. The zero-order valence-electron chi connectivity index (χ0n) is 11.1. The highest BCUT2D eigenvalue weighted by Gasteiger charge is 2.26. The van der Waals surface area contributed by atoms with Crippen LogP contribution < -0.4 is 5.32 Å². The largest absolute Gasteiger partial charge is 0.336 e. The van der Waals surface area contributed by atoms with Crippen LogP contribution in [0, 0.1) is 17.5 Å². The van der Waals surface area contributed by atoms with Crippen molar-refractivity contribution in [3.8, 4) is 0 Å². The Balaban J connectivity index is 0.00000200. The average Bonchev–Trinajstić information content (AvgIpc) is 2.33. The second-order valence-corrected chi connectivity index (χ2v) is 4.93. The van der Waals surface area contributed by atoms with Crippen LogP contribution in [0.15, 0.2) is 12.1 Å². The van der Waals surface area contributed by atoms with Gasteiger partial charge < -0.3 is 10.2 Å². The molecule has 0 aromatic heterocycles. The first-order valence-corrected chi connectivity index (χ1v) is 6.08. The van der Waals surface area contributed by atoms with E-state index in [-0.39, 0.29) is 30.1 Å². The van der Waals surface area contributed by atoms with Crippen LogP contribution in [0.4, 0.5) is 13.2 Å². The molecule has 1 fully saturated rings. The molecule has 0 aliphatic carbocycles. The highest BCUT2D eigenvalue weighted by molar-refractivity contribution is 5.94. The highest BCUT2D eigenvalue weighted by Crippen LogP contribution is 2.16. The lowest BCUT2D eigenvalue weighted by atomic mass is 10.1. The van der Waals surface area contributed by atoms with Gasteiger partial charge in [-0.2, -0.15) is 0 Å². The number of benzene rings is 1. The van der Waals surface area contributed by atoms with Gasteiger partial charge in [0.25, 0.3) is 5.91 Å². The molecule has 2 rings (SSSR count). The zero-order chi connectivity index (χ0) is 14.2. The number of carbonyl (C=O) groups excluding carboxylic acids is 1. The van der Waals surface area contributed by atoms with Crippen LogP contribution in [-0.2, 0) is 0 Å². The maximum atomic E-state index is 13.1. The molecule has 1 aromatic carbocycles. The van der Waals surface area contributed by atoms with Crippen molar-refractivity contribution in [2.75, 3.05) is 13.1 Å². The predicted molar refractivity (Wildman–Crippen MR) is 71.5 cm³/mol. The molecule has 1 aliphatic heterocycles. The summed E-state index contributed by atoms with van der Waals surface area (Å²) in [6.07, 6.45) is 0. The molecular weight excluding hydrogens is 293 g/mol. The number of amides is 1. The van der Waals surface area contributed by atoms with E-state index in [9.17, 15) is 18.0 Å². The molecule has 1 saturated heterocycles. The Labute approximate surface area is 121 Å². The maximum absolute atomic E-state index is 13.1. The third kappa shape index (κ3) is 3.43. The SMILES string of the molecule is CC1CN(C(=O)c2cc(F)c(F)c(F)c2)CC(C)N1.Cl. The van der Waals surface area contributed by atoms with Crippen LogP contribution in [-0.4, -0.2) is 36.0 Å². The highest BCUT2D eigenvalue weighted by atomic mass is 35.5. The lowest BCUT2D eigenvalue weighted by Gasteiger charge is -2.36. The fraction of sp³-hybridized carbons (Fsp3) is 0.462. The number of hydrogen-bond donors (Lipinski definition) is 1. The molecule has 3 nitrogen and oxygen atoms in total. The first-order chi connectivity index (χ1) is 8.88. The van der Waals surface area contributed by atoms with Crippen molar-refractivity contribution in [3.63, 3.8) is 0 Å². The van der Waals surface area contributed by atoms with Crippen molar-refractivity contribution in [2.45, 2.75) is 25.9 Å². The maximum Gasteiger partial charge on any atom is 0.254 e. The standard InChI is InChI=1S/C13H15F3N2O.ClH/c1-7-5-18(6-8(2)17-7)13(19)9-3-10(14)12(16)11(15)4-9;/h3-4,7-8,17H,5-6H2,1-2H3;1H. The molecule has 1 amide bonds. The molecule has 0 bridgehead atoms. The zero-order valence-corrected chi connectivity index (χ0v) is 11.9. The second kappa shape index (κ2) is 6.45. The molecular formula is C13H16ClF3N2O. The van der Waals surface area contributed by atoms with Gasteiger partial charge in [-0.25, -0.2) is 13.2 Å². The molecule has 7 heteroatoms. The summed E-state index contributed by atoms with van der Waals surface area (Å²) in [6.45, 7) is 4.73. The third-order valence-corrected chi connectivity index (χ3v) is 3.08. The lowest BCUT2D eigenvalue weighted by molar-refractivity contribution is 0.0672. The van der Waals surface area contributed by atoms with E-state index in [1.807, 2.05) is 13.8 Å². The fourth-order valence-corrected chi connectivity index (χ4v) is 2.35. The summed E-state index contributed by atoms with van der Waals surface area (Å²) in [5, 5.41) is 3.25. The first-order valence-electron chi connectivity index (χ1n) is 6.08. The Morgan fingerprint density at radius 3 is 2.05 bits per heavy atom. The van der Waals surface area contributed by atoms with E-state index >= 15 is 0 Å². The van der Waals surface area contributed by atoms with E-state index in [1.165, 1.54) is 4.90 Å². The van der Waals surface area contributed by atoms with Gasteiger partial charge in [-0.1, -0.05) is 0 Å². The number of halogens is 4. The second-order valence-electron chi connectivity index (χ2n) is 4.93. The minimum absolute atomic E-state index is 0. The number of nitrogens with one attached hydrogen (secondary N) is 1. The van der Waals surface area contributed by atoms with Gasteiger partial charge in [-0.05, 0) is 26.0 Å². The van der Waals surface area contributed by atoms with E-state index in [4.69, 9.17) is 0 Å². The molecule has 1 aliphatic rings. The van der Waals surface area contributed by atoms with Crippen LogP contribution in [0.1, 0.15) is 24.2 Å². The molecule has 1 heterocycles. The summed E-state index contributed by atoms with van der Waals surface area (Å²) < 4.78 is 39.1. The summed E-state index contributed by atoms with van der Waals surface area (Å²) in [7, 11) is 0. The van der Waals surface area contributed by atoms with Crippen LogP contribution in [0.2, 0.25) is 0 Å². The van der Waals surface area contributed by atoms with Crippen molar-refractivity contribution in [2.24, 2.45) is 0 Å². The van der Waals surface area contributed by atoms with Crippen molar-refractivity contribution in [1.29, 1.82) is 0 Å². The van der Waals surface area contributed by atoms with Crippen LogP contribution in [0.25, 0.3) is 0 Å². The summed E-state index contributed by atoms with van der Waals surface area (Å²) in [5.74, 6) is -4.74. The van der Waals surface area contributed by atoms with E-state index in [2.05, 4.69) is 5.32 Å². The van der Waals surface area contributed by atoms with Crippen LogP contribution in [0.3, 0.4) is 0 Å². The van der Waals surface area contributed by atoms with Gasteiger partial charge in [0.2, 0.25) is 0 Å². The van der Waals surface area contributed by atoms with E-state index in [0.29, 0.717) is 13.1 Å². The topological polar surface area (TPSA) is 32.3 Å². The Bertz CT molecular complexity index is 479. The smallest absolute Gasteiger partial charge is 0.254 e. The van der Waals surface area contributed by atoms with Gasteiger partial charge >= 0.3 is 0 Å². The van der Waals surface area contributed by atoms with Crippen LogP contribution >= 0.6 is 12.4 Å². The van der Waals surface area contributed by atoms with Gasteiger partial charge in [-0.3, -0.25) is 4.79 Å². The number of piperazine rings is 1. The van der Waals surface area contributed by atoms with E-state index in [0.717, 1.165) is 12.1 Å². The van der Waals surface area contributed by atoms with Gasteiger partial charge in [-0.15, -0.1) is 12.4 Å². The van der Waals surface area contributed by atoms with Gasteiger partial charge in [0.05, 0.1) is 0 Å². The van der Waals surface area contributed by atoms with Gasteiger partial charge in [0, 0.05) is 30.7 Å². The summed E-state index contributed by atoms with van der Waals surface area (Å²) in [5.41, 5.74) is -0.169. The molecule has 2 atom stereocenters. The molecule has 112 valence electrons. The van der Waals surface area contributed by atoms with Crippen molar-refractivity contribution >= 4 is 18.3 Å². The minimum Gasteiger partial charge on any atom is -0.336 e. The number of hydrogen-bond acceptors (Lipinski definition) is 2. The monoisotopic (exact) mass is 308 g/mol. The van der Waals surface area contributed by atoms with Gasteiger partial charge in [0.1, 0.15) is 0 Å². The van der Waals surface area contributed by atoms with Crippen molar-refractivity contribution in [3.05, 3.63) is 35.1 Å². The normalized spacial score (nSPS) is 22.4. The molecule has 0 saturated carbocycles. The number of nitrogens with zero attached hydrogens (tertiary/aromatic N) is 1. The summed E-state index contributed by atoms with van der Waals surface area (Å²) in [4.78, 5) is 13.7. The minimum atomic E-state index is -1.56. The van der Waals surface area contributed by atoms with E-state index < -0.39 is 23.4 Å². The van der Waals surface area contributed by atoms with Gasteiger partial charge in [0.15, 0.2) is 17.5 Å². The molecule has 2 unspecified atom stereocenters. The molecule has 0 radical (unpaired) electrons. The van der Waals surface area contributed by atoms with E-state index in [1.54, 1.807) is 0 Å². The molecule has 1 N–H and O–H groups in total. The average molecular weight is 309 g/mol. The first kappa shape index (κ1) is 16.8. The van der Waals surface area contributed by atoms with Crippen molar-refractivity contribution < 1.29 is 18.0 Å². The van der Waals surface area contributed by atoms with Crippen LogP contribution in [0.5, 0.6) is 0 Å². The quantitative estimate of drug-likeness (QED) is 0.808. The summed E-state index contributed by atoms with van der Waals surface area (Å²) >= 11 is 0. The number of carbonyl (C=O) groups is 1. The fourth-order valence-electron chi connectivity index (χ4n) is 2.35.